The van der Waals surface area contributed by atoms with Crippen LogP contribution >= 0.6 is 27.7 Å². The molecule has 2 aromatic carbocycles. The van der Waals surface area contributed by atoms with Gasteiger partial charge in [-0.2, -0.15) is 5.10 Å². The molecule has 128 valence electrons. The van der Waals surface area contributed by atoms with Gasteiger partial charge in [0.15, 0.2) is 5.16 Å². The zero-order valence-corrected chi connectivity index (χ0v) is 15.6. The van der Waals surface area contributed by atoms with E-state index >= 15 is 0 Å². The highest BCUT2D eigenvalue weighted by atomic mass is 79.9. The molecule has 3 N–H and O–H groups in total. The van der Waals surface area contributed by atoms with Crippen molar-refractivity contribution in [1.82, 2.24) is 15.4 Å². The zero-order valence-electron chi connectivity index (χ0n) is 13.2. The first-order chi connectivity index (χ1) is 12.0. The summed E-state index contributed by atoms with van der Waals surface area (Å²) in [5.41, 5.74) is 4.77. The minimum absolute atomic E-state index is 0.0888. The molecule has 0 aliphatic carbocycles. The molecule has 1 atom stereocenters. The topological polar surface area (TPSA) is 90.4 Å². The SMILES string of the molecule is CC(Sc1nc2ccccc2[nH]1)C(=O)N/N=C\c1cc(Br)ccc1O. The van der Waals surface area contributed by atoms with Crippen molar-refractivity contribution in [2.45, 2.75) is 17.3 Å². The van der Waals surface area contributed by atoms with Gasteiger partial charge >= 0.3 is 0 Å². The number of carbonyl (C=O) groups is 1. The number of nitrogens with one attached hydrogen (secondary N) is 2. The van der Waals surface area contributed by atoms with E-state index in [-0.39, 0.29) is 16.9 Å². The molecule has 1 heterocycles. The summed E-state index contributed by atoms with van der Waals surface area (Å²) >= 11 is 4.64. The van der Waals surface area contributed by atoms with Crippen LogP contribution < -0.4 is 5.43 Å². The Morgan fingerprint density at radius 3 is 3.00 bits per heavy atom. The standard InChI is InChI=1S/C17H15BrN4O2S/c1-10(25-17-20-13-4-2-3-5-14(13)21-17)16(24)22-19-9-11-8-12(18)6-7-15(11)23/h2-10,23H,1H3,(H,20,21)(H,22,24)/b19-9-. The van der Waals surface area contributed by atoms with Crippen LogP contribution in [0.2, 0.25) is 0 Å². The van der Waals surface area contributed by atoms with E-state index in [1.165, 1.54) is 18.0 Å². The summed E-state index contributed by atoms with van der Waals surface area (Å²) in [5.74, 6) is -0.165. The van der Waals surface area contributed by atoms with Crippen molar-refractivity contribution in [3.63, 3.8) is 0 Å². The number of phenols is 1. The molecule has 8 heteroatoms. The Morgan fingerprint density at radius 2 is 2.20 bits per heavy atom. The number of hydrazone groups is 1. The Balaban J connectivity index is 1.60. The monoisotopic (exact) mass is 418 g/mol. The molecule has 0 saturated heterocycles. The molecular formula is C17H15BrN4O2S. The smallest absolute Gasteiger partial charge is 0.253 e. The average molecular weight is 419 g/mol. The van der Waals surface area contributed by atoms with Gasteiger partial charge in [0.05, 0.1) is 22.5 Å². The van der Waals surface area contributed by atoms with Crippen molar-refractivity contribution in [1.29, 1.82) is 0 Å². The van der Waals surface area contributed by atoms with Crippen LogP contribution in [0.3, 0.4) is 0 Å². The second-order valence-electron chi connectivity index (χ2n) is 5.26. The first-order valence-corrected chi connectivity index (χ1v) is 9.13. The molecular weight excluding hydrogens is 404 g/mol. The molecule has 1 aromatic heterocycles. The first-order valence-electron chi connectivity index (χ1n) is 7.46. The lowest BCUT2D eigenvalue weighted by atomic mass is 10.2. The van der Waals surface area contributed by atoms with E-state index in [1.807, 2.05) is 24.3 Å². The minimum atomic E-state index is -0.381. The Bertz CT molecular complexity index is 908. The second-order valence-corrected chi connectivity index (χ2v) is 7.50. The van der Waals surface area contributed by atoms with E-state index in [1.54, 1.807) is 25.1 Å². The number of aromatic nitrogens is 2. The first kappa shape index (κ1) is 17.5. The molecule has 1 amide bonds. The van der Waals surface area contributed by atoms with Crippen molar-refractivity contribution in [2.75, 3.05) is 0 Å². The van der Waals surface area contributed by atoms with Gasteiger partial charge in [0.1, 0.15) is 5.75 Å². The summed E-state index contributed by atoms with van der Waals surface area (Å²) in [5, 5.41) is 13.9. The third kappa shape index (κ3) is 4.40. The van der Waals surface area contributed by atoms with Crippen LogP contribution in [-0.2, 0) is 4.79 Å². The number of fused-ring (bicyclic) bond motifs is 1. The number of amides is 1. The van der Waals surface area contributed by atoms with Crippen LogP contribution in [-0.4, -0.2) is 32.4 Å². The summed E-state index contributed by atoms with van der Waals surface area (Å²) in [6.45, 7) is 1.78. The van der Waals surface area contributed by atoms with Crippen LogP contribution in [0.5, 0.6) is 5.75 Å². The summed E-state index contributed by atoms with van der Waals surface area (Å²) in [6, 6.07) is 12.7. The number of benzene rings is 2. The third-order valence-corrected chi connectivity index (χ3v) is 4.87. The predicted molar refractivity (Wildman–Crippen MR) is 103 cm³/mol. The fourth-order valence-electron chi connectivity index (χ4n) is 2.09. The third-order valence-electron chi connectivity index (χ3n) is 3.39. The van der Waals surface area contributed by atoms with E-state index in [0.29, 0.717) is 10.7 Å². The fourth-order valence-corrected chi connectivity index (χ4v) is 3.28. The number of imidazole rings is 1. The van der Waals surface area contributed by atoms with Crippen LogP contribution in [0.15, 0.2) is 57.2 Å². The molecule has 0 aliphatic heterocycles. The highest BCUT2D eigenvalue weighted by molar-refractivity contribution is 9.10. The van der Waals surface area contributed by atoms with E-state index < -0.39 is 0 Å². The van der Waals surface area contributed by atoms with Gasteiger partial charge < -0.3 is 10.1 Å². The van der Waals surface area contributed by atoms with Gasteiger partial charge in [0.25, 0.3) is 5.91 Å². The van der Waals surface area contributed by atoms with Gasteiger partial charge in [0, 0.05) is 10.0 Å². The number of nitrogens with zero attached hydrogens (tertiary/aromatic N) is 2. The van der Waals surface area contributed by atoms with Crippen LogP contribution in [0.1, 0.15) is 12.5 Å². The average Bonchev–Trinajstić information content (AvgIpc) is 3.00. The molecule has 0 spiro atoms. The molecule has 25 heavy (non-hydrogen) atoms. The molecule has 3 aromatic rings. The lowest BCUT2D eigenvalue weighted by Gasteiger charge is -2.07. The van der Waals surface area contributed by atoms with Gasteiger partial charge in [0.2, 0.25) is 0 Å². The lowest BCUT2D eigenvalue weighted by molar-refractivity contribution is -0.120. The quantitative estimate of drug-likeness (QED) is 0.335. The van der Waals surface area contributed by atoms with E-state index in [9.17, 15) is 9.90 Å². The maximum Gasteiger partial charge on any atom is 0.253 e. The summed E-state index contributed by atoms with van der Waals surface area (Å²) in [4.78, 5) is 19.8. The summed E-state index contributed by atoms with van der Waals surface area (Å²) in [7, 11) is 0. The maximum absolute atomic E-state index is 12.1. The van der Waals surface area contributed by atoms with Gasteiger partial charge in [-0.1, -0.05) is 39.8 Å². The van der Waals surface area contributed by atoms with Gasteiger partial charge in [-0.25, -0.2) is 10.4 Å². The molecule has 0 aliphatic rings. The molecule has 0 radical (unpaired) electrons. The number of carbonyl (C=O) groups excluding carboxylic acids is 1. The van der Waals surface area contributed by atoms with Crippen molar-refractivity contribution >= 4 is 50.8 Å². The molecule has 0 saturated carbocycles. The number of hydrogen-bond donors (Lipinski definition) is 3. The minimum Gasteiger partial charge on any atom is -0.507 e. The van der Waals surface area contributed by atoms with E-state index in [2.05, 4.69) is 36.4 Å². The molecule has 1 unspecified atom stereocenters. The number of thioether (sulfide) groups is 1. The molecule has 0 fully saturated rings. The van der Waals surface area contributed by atoms with Gasteiger partial charge in [-0.3, -0.25) is 4.79 Å². The Hall–Kier alpha value is -2.32. The van der Waals surface area contributed by atoms with Crippen LogP contribution in [0.25, 0.3) is 11.0 Å². The number of phenolic OH excluding ortho intramolecular Hbond substituents is 1. The van der Waals surface area contributed by atoms with Crippen molar-refractivity contribution in [3.8, 4) is 5.75 Å². The van der Waals surface area contributed by atoms with E-state index in [4.69, 9.17) is 0 Å². The fraction of sp³-hybridized carbons (Fsp3) is 0.118. The second kappa shape index (κ2) is 7.71. The lowest BCUT2D eigenvalue weighted by Crippen LogP contribution is -2.26. The van der Waals surface area contributed by atoms with Crippen molar-refractivity contribution < 1.29 is 9.90 Å². The molecule has 3 rings (SSSR count). The number of H-pyrrole nitrogens is 1. The number of aromatic hydroxyl groups is 1. The van der Waals surface area contributed by atoms with Gasteiger partial charge in [-0.15, -0.1) is 0 Å². The van der Waals surface area contributed by atoms with Crippen molar-refractivity contribution in [3.05, 3.63) is 52.5 Å². The summed E-state index contributed by atoms with van der Waals surface area (Å²) in [6.07, 6.45) is 1.40. The number of hydrogen-bond acceptors (Lipinski definition) is 5. The number of para-hydroxylation sites is 2. The zero-order chi connectivity index (χ0) is 17.8. The molecule has 6 nitrogen and oxygen atoms in total. The Kier molecular flexibility index (Phi) is 5.40. The summed E-state index contributed by atoms with van der Waals surface area (Å²) < 4.78 is 0.812. The number of aromatic amines is 1. The highest BCUT2D eigenvalue weighted by Crippen LogP contribution is 2.23. The highest BCUT2D eigenvalue weighted by Gasteiger charge is 2.16. The van der Waals surface area contributed by atoms with E-state index in [0.717, 1.165) is 15.5 Å². The normalized spacial score (nSPS) is 12.6. The largest absolute Gasteiger partial charge is 0.507 e. The number of halogens is 1. The predicted octanol–water partition coefficient (Wildman–Crippen LogP) is 3.66. The Labute approximate surface area is 156 Å². The Morgan fingerprint density at radius 1 is 1.40 bits per heavy atom. The molecule has 0 bridgehead atoms. The van der Waals surface area contributed by atoms with Crippen LogP contribution in [0, 0.1) is 0 Å². The van der Waals surface area contributed by atoms with Crippen molar-refractivity contribution in [2.24, 2.45) is 5.10 Å². The number of rotatable bonds is 5. The maximum atomic E-state index is 12.1. The van der Waals surface area contributed by atoms with Crippen LogP contribution in [0.4, 0.5) is 0 Å². The van der Waals surface area contributed by atoms with Gasteiger partial charge in [-0.05, 0) is 37.3 Å².